The van der Waals surface area contributed by atoms with Crippen LogP contribution in [-0.2, 0) is 6.54 Å². The van der Waals surface area contributed by atoms with Crippen LogP contribution in [0.15, 0.2) is 48.5 Å². The van der Waals surface area contributed by atoms with Crippen LogP contribution in [0.2, 0.25) is 4.34 Å². The van der Waals surface area contributed by atoms with Crippen molar-refractivity contribution in [2.45, 2.75) is 6.54 Å². The number of hydrogen-bond donors (Lipinski definition) is 1. The lowest BCUT2D eigenvalue weighted by atomic mass is 10.1. The molecular formula is C18H14ClN5O2S. The molecule has 27 heavy (non-hydrogen) atoms. The van der Waals surface area contributed by atoms with Gasteiger partial charge in [0.05, 0.1) is 28.6 Å². The summed E-state index contributed by atoms with van der Waals surface area (Å²) < 4.78 is 7.38. The summed E-state index contributed by atoms with van der Waals surface area (Å²) in [6.07, 6.45) is 0. The lowest BCUT2D eigenvalue weighted by molar-refractivity contribution is 0.0953. The Labute approximate surface area is 163 Å². The summed E-state index contributed by atoms with van der Waals surface area (Å²) in [6.45, 7) is 0.203. The lowest BCUT2D eigenvalue weighted by Crippen LogP contribution is -2.23. The second-order valence-corrected chi connectivity index (χ2v) is 7.33. The number of benzene rings is 1. The average Bonchev–Trinajstić information content (AvgIpc) is 3.32. The van der Waals surface area contributed by atoms with Crippen molar-refractivity contribution >= 4 is 34.5 Å². The molecule has 0 atom stereocenters. The van der Waals surface area contributed by atoms with E-state index in [0.717, 1.165) is 17.0 Å². The highest BCUT2D eigenvalue weighted by molar-refractivity contribution is 7.17. The van der Waals surface area contributed by atoms with E-state index in [2.05, 4.69) is 20.6 Å². The van der Waals surface area contributed by atoms with E-state index in [9.17, 15) is 4.79 Å². The van der Waals surface area contributed by atoms with Crippen LogP contribution in [0.1, 0.15) is 15.5 Å². The predicted molar refractivity (Wildman–Crippen MR) is 103 cm³/mol. The van der Waals surface area contributed by atoms with Gasteiger partial charge in [0.2, 0.25) is 0 Å². The molecule has 0 unspecified atom stereocenters. The van der Waals surface area contributed by atoms with Gasteiger partial charge in [-0.1, -0.05) is 11.6 Å². The number of halogens is 1. The summed E-state index contributed by atoms with van der Waals surface area (Å²) in [6, 6.07) is 14.7. The van der Waals surface area contributed by atoms with Gasteiger partial charge < -0.3 is 10.1 Å². The van der Waals surface area contributed by atoms with Gasteiger partial charge in [-0.25, -0.2) is 0 Å². The zero-order valence-electron chi connectivity index (χ0n) is 14.2. The molecule has 136 valence electrons. The third-order valence-corrected chi connectivity index (χ3v) is 5.15. The number of nitrogens with one attached hydrogen (secondary N) is 1. The molecule has 7 nitrogen and oxygen atoms in total. The topological polar surface area (TPSA) is 81.4 Å². The van der Waals surface area contributed by atoms with Gasteiger partial charge in [0.15, 0.2) is 11.5 Å². The standard InChI is InChI=1S/C18H14ClN5O2S/c1-26-12-4-2-11(3-5-12)13-6-9-16-21-22-17(24(16)23-13)10-20-18(25)14-7-8-15(19)27-14/h2-9H,10H2,1H3,(H,20,25). The molecule has 0 aliphatic rings. The van der Waals surface area contributed by atoms with E-state index < -0.39 is 0 Å². The lowest BCUT2D eigenvalue weighted by Gasteiger charge is -2.05. The Balaban J connectivity index is 1.57. The number of methoxy groups -OCH3 is 1. The monoisotopic (exact) mass is 399 g/mol. The molecule has 0 bridgehead atoms. The predicted octanol–water partition coefficient (Wildman–Crippen LogP) is 3.44. The van der Waals surface area contributed by atoms with E-state index in [1.165, 1.54) is 11.3 Å². The van der Waals surface area contributed by atoms with Crippen LogP contribution in [0.3, 0.4) is 0 Å². The molecule has 0 fully saturated rings. The van der Waals surface area contributed by atoms with E-state index in [-0.39, 0.29) is 12.5 Å². The maximum Gasteiger partial charge on any atom is 0.261 e. The maximum absolute atomic E-state index is 12.2. The summed E-state index contributed by atoms with van der Waals surface area (Å²) in [5.41, 5.74) is 2.31. The Kier molecular flexibility index (Phi) is 4.74. The van der Waals surface area contributed by atoms with Gasteiger partial charge in [0.1, 0.15) is 5.75 Å². The maximum atomic E-state index is 12.2. The Morgan fingerprint density at radius 3 is 2.67 bits per heavy atom. The summed E-state index contributed by atoms with van der Waals surface area (Å²) in [5.74, 6) is 1.10. The minimum absolute atomic E-state index is 0.203. The summed E-state index contributed by atoms with van der Waals surface area (Å²) in [5, 5.41) is 15.6. The van der Waals surface area contributed by atoms with Crippen LogP contribution in [-0.4, -0.2) is 32.8 Å². The number of carbonyl (C=O) groups is 1. The fourth-order valence-corrected chi connectivity index (χ4v) is 3.50. The van der Waals surface area contributed by atoms with Crippen LogP contribution in [0, 0.1) is 0 Å². The summed E-state index contributed by atoms with van der Waals surface area (Å²) >= 11 is 7.10. The third kappa shape index (κ3) is 3.62. The van der Waals surface area contributed by atoms with Gasteiger partial charge >= 0.3 is 0 Å². The fourth-order valence-electron chi connectivity index (χ4n) is 2.54. The molecule has 0 spiro atoms. The first kappa shape index (κ1) is 17.4. The smallest absolute Gasteiger partial charge is 0.261 e. The quantitative estimate of drug-likeness (QED) is 0.556. The molecule has 1 aromatic carbocycles. The first-order valence-electron chi connectivity index (χ1n) is 8.03. The zero-order chi connectivity index (χ0) is 18.8. The number of carbonyl (C=O) groups excluding carboxylic acids is 1. The molecule has 0 radical (unpaired) electrons. The molecule has 1 N–H and O–H groups in total. The summed E-state index contributed by atoms with van der Waals surface area (Å²) in [7, 11) is 1.63. The van der Waals surface area contributed by atoms with Crippen molar-refractivity contribution in [3.8, 4) is 17.0 Å². The number of amides is 1. The molecule has 1 amide bonds. The van der Waals surface area contributed by atoms with Crippen molar-refractivity contribution in [3.63, 3.8) is 0 Å². The Bertz CT molecular complexity index is 1110. The second kappa shape index (κ2) is 7.34. The fraction of sp³-hybridized carbons (Fsp3) is 0.111. The van der Waals surface area contributed by atoms with E-state index in [0.29, 0.717) is 20.7 Å². The zero-order valence-corrected chi connectivity index (χ0v) is 15.8. The second-order valence-electron chi connectivity index (χ2n) is 5.62. The van der Waals surface area contributed by atoms with Gasteiger partial charge in [-0.2, -0.15) is 9.61 Å². The van der Waals surface area contributed by atoms with Crippen molar-refractivity contribution in [2.75, 3.05) is 7.11 Å². The van der Waals surface area contributed by atoms with Gasteiger partial charge in [-0.3, -0.25) is 4.79 Å². The number of ether oxygens (including phenoxy) is 1. The molecule has 0 saturated heterocycles. The number of rotatable bonds is 5. The Hall–Kier alpha value is -2.97. The molecule has 0 saturated carbocycles. The number of fused-ring (bicyclic) bond motifs is 1. The Morgan fingerprint density at radius 2 is 1.96 bits per heavy atom. The van der Waals surface area contributed by atoms with Crippen LogP contribution in [0.4, 0.5) is 0 Å². The SMILES string of the molecule is COc1ccc(-c2ccc3nnc(CNC(=O)c4ccc(Cl)s4)n3n2)cc1. The molecular weight excluding hydrogens is 386 g/mol. The van der Waals surface area contributed by atoms with Gasteiger partial charge in [0.25, 0.3) is 5.91 Å². The highest BCUT2D eigenvalue weighted by Gasteiger charge is 2.12. The van der Waals surface area contributed by atoms with Gasteiger partial charge in [-0.05, 0) is 48.5 Å². The number of thiophene rings is 1. The minimum atomic E-state index is -0.213. The Morgan fingerprint density at radius 1 is 1.15 bits per heavy atom. The van der Waals surface area contributed by atoms with Crippen LogP contribution < -0.4 is 10.1 Å². The average molecular weight is 400 g/mol. The van der Waals surface area contributed by atoms with Crippen LogP contribution >= 0.6 is 22.9 Å². The third-order valence-electron chi connectivity index (χ3n) is 3.92. The normalized spacial score (nSPS) is 10.9. The van der Waals surface area contributed by atoms with Crippen molar-refractivity contribution in [2.24, 2.45) is 0 Å². The molecule has 3 heterocycles. The van der Waals surface area contributed by atoms with E-state index in [4.69, 9.17) is 16.3 Å². The highest BCUT2D eigenvalue weighted by atomic mass is 35.5. The van der Waals surface area contributed by atoms with E-state index in [1.807, 2.05) is 36.4 Å². The molecule has 0 aliphatic heterocycles. The van der Waals surface area contributed by atoms with Gasteiger partial charge in [-0.15, -0.1) is 21.5 Å². The molecule has 9 heteroatoms. The number of aromatic nitrogens is 4. The van der Waals surface area contributed by atoms with E-state index >= 15 is 0 Å². The number of hydrogen-bond acceptors (Lipinski definition) is 6. The molecule has 0 aliphatic carbocycles. The number of nitrogens with zero attached hydrogens (tertiary/aromatic N) is 4. The van der Waals surface area contributed by atoms with Crippen molar-refractivity contribution in [1.29, 1.82) is 0 Å². The largest absolute Gasteiger partial charge is 0.497 e. The van der Waals surface area contributed by atoms with E-state index in [1.54, 1.807) is 23.8 Å². The molecule has 3 aromatic heterocycles. The minimum Gasteiger partial charge on any atom is -0.497 e. The van der Waals surface area contributed by atoms with Crippen LogP contribution in [0.25, 0.3) is 16.9 Å². The van der Waals surface area contributed by atoms with Crippen LogP contribution in [0.5, 0.6) is 5.75 Å². The molecule has 4 aromatic rings. The van der Waals surface area contributed by atoms with Crippen molar-refractivity contribution in [1.82, 2.24) is 25.1 Å². The van der Waals surface area contributed by atoms with Crippen molar-refractivity contribution in [3.05, 3.63) is 63.6 Å². The summed E-state index contributed by atoms with van der Waals surface area (Å²) in [4.78, 5) is 12.7. The first-order valence-corrected chi connectivity index (χ1v) is 9.23. The van der Waals surface area contributed by atoms with Gasteiger partial charge in [0, 0.05) is 5.56 Å². The van der Waals surface area contributed by atoms with Crippen molar-refractivity contribution < 1.29 is 9.53 Å². The molecule has 4 rings (SSSR count). The first-order chi connectivity index (χ1) is 13.1. The highest BCUT2D eigenvalue weighted by Crippen LogP contribution is 2.22.